The minimum atomic E-state index is -0.440. The van der Waals surface area contributed by atoms with Crippen LogP contribution in [-0.2, 0) is 4.79 Å². The Hall–Kier alpha value is -3.52. The van der Waals surface area contributed by atoms with Crippen molar-refractivity contribution in [2.45, 2.75) is 13.0 Å². The van der Waals surface area contributed by atoms with Gasteiger partial charge in [-0.15, -0.1) is 0 Å². The first-order chi connectivity index (χ1) is 14.5. The van der Waals surface area contributed by atoms with Gasteiger partial charge in [0.15, 0.2) is 0 Å². The minimum absolute atomic E-state index is 0.308. The number of ether oxygens (including phenoxy) is 2. The molecule has 1 amide bonds. The molecule has 0 saturated carbocycles. The van der Waals surface area contributed by atoms with E-state index in [0.717, 1.165) is 5.56 Å². The van der Waals surface area contributed by atoms with Gasteiger partial charge in [0.25, 0.3) is 5.91 Å². The number of anilines is 2. The Labute approximate surface area is 178 Å². The lowest BCUT2D eigenvalue weighted by Gasteiger charge is -2.29. The van der Waals surface area contributed by atoms with Crippen molar-refractivity contribution in [1.29, 1.82) is 0 Å². The molecular formula is C21H20ClN5O3. The molecule has 8 nitrogen and oxygen atoms in total. The van der Waals surface area contributed by atoms with Crippen LogP contribution in [0, 0.1) is 0 Å². The van der Waals surface area contributed by atoms with Crippen molar-refractivity contribution >= 4 is 29.1 Å². The van der Waals surface area contributed by atoms with Crippen molar-refractivity contribution in [3.05, 3.63) is 70.6 Å². The quantitative estimate of drug-likeness (QED) is 0.644. The van der Waals surface area contributed by atoms with Gasteiger partial charge in [-0.1, -0.05) is 41.9 Å². The summed E-state index contributed by atoms with van der Waals surface area (Å²) in [5.74, 6) is 1.12. The predicted octanol–water partition coefficient (Wildman–Crippen LogP) is 3.88. The number of aromatic nitrogens is 3. The van der Waals surface area contributed by atoms with E-state index in [-0.39, 0.29) is 5.91 Å². The molecule has 1 aliphatic rings. The maximum atomic E-state index is 13.4. The van der Waals surface area contributed by atoms with Gasteiger partial charge in [0.05, 0.1) is 30.5 Å². The number of hydrogen-bond acceptors (Lipinski definition) is 6. The fourth-order valence-electron chi connectivity index (χ4n) is 3.48. The van der Waals surface area contributed by atoms with Crippen LogP contribution in [0.5, 0.6) is 11.5 Å². The van der Waals surface area contributed by atoms with Crippen LogP contribution in [0.25, 0.3) is 0 Å². The smallest absolute Gasteiger partial charge is 0.255 e. The molecule has 9 heteroatoms. The number of nitrogens with one attached hydrogen (secondary N) is 2. The molecule has 0 aliphatic carbocycles. The van der Waals surface area contributed by atoms with Crippen LogP contribution in [0.2, 0.25) is 5.02 Å². The molecule has 1 aliphatic heterocycles. The SMILES string of the molecule is COc1cc(NC(=O)C2=C(C)Nc3ncnn3[C@H]2c2ccccc2)c(OC)cc1Cl. The summed E-state index contributed by atoms with van der Waals surface area (Å²) in [6, 6.07) is 12.5. The van der Waals surface area contributed by atoms with Crippen LogP contribution >= 0.6 is 11.6 Å². The maximum absolute atomic E-state index is 13.4. The molecule has 30 heavy (non-hydrogen) atoms. The first-order valence-electron chi connectivity index (χ1n) is 9.18. The lowest BCUT2D eigenvalue weighted by atomic mass is 9.95. The van der Waals surface area contributed by atoms with Crippen LogP contribution in [-0.4, -0.2) is 34.9 Å². The molecule has 0 fully saturated rings. The summed E-state index contributed by atoms with van der Waals surface area (Å²) >= 11 is 6.18. The van der Waals surface area contributed by atoms with E-state index < -0.39 is 6.04 Å². The molecular weight excluding hydrogens is 406 g/mol. The third-order valence-electron chi connectivity index (χ3n) is 4.88. The number of rotatable bonds is 5. The van der Waals surface area contributed by atoms with E-state index in [1.807, 2.05) is 37.3 Å². The molecule has 2 N–H and O–H groups in total. The molecule has 1 aromatic heterocycles. The number of benzene rings is 2. The average Bonchev–Trinajstić information content (AvgIpc) is 3.22. The Morgan fingerprint density at radius 2 is 1.90 bits per heavy atom. The minimum Gasteiger partial charge on any atom is -0.495 e. The highest BCUT2D eigenvalue weighted by Gasteiger charge is 2.33. The van der Waals surface area contributed by atoms with Gasteiger partial charge >= 0.3 is 0 Å². The fourth-order valence-corrected chi connectivity index (χ4v) is 3.71. The molecule has 0 radical (unpaired) electrons. The lowest BCUT2D eigenvalue weighted by Crippen LogP contribution is -2.31. The second-order valence-electron chi connectivity index (χ2n) is 6.65. The summed E-state index contributed by atoms with van der Waals surface area (Å²) in [5, 5.41) is 10.8. The topological polar surface area (TPSA) is 90.3 Å². The van der Waals surface area contributed by atoms with Crippen molar-refractivity contribution in [2.24, 2.45) is 0 Å². The number of carbonyl (C=O) groups excluding carboxylic acids is 1. The Morgan fingerprint density at radius 1 is 1.17 bits per heavy atom. The van der Waals surface area contributed by atoms with Crippen LogP contribution in [0.15, 0.2) is 60.1 Å². The average molecular weight is 426 g/mol. The van der Waals surface area contributed by atoms with Crippen LogP contribution in [0.1, 0.15) is 18.5 Å². The van der Waals surface area contributed by atoms with Gasteiger partial charge in [0.1, 0.15) is 23.9 Å². The van der Waals surface area contributed by atoms with E-state index in [4.69, 9.17) is 21.1 Å². The second kappa shape index (κ2) is 8.08. The van der Waals surface area contributed by atoms with Crippen molar-refractivity contribution in [3.63, 3.8) is 0 Å². The van der Waals surface area contributed by atoms with E-state index in [2.05, 4.69) is 20.7 Å². The number of nitrogens with zero attached hydrogens (tertiary/aromatic N) is 3. The zero-order chi connectivity index (χ0) is 21.3. The molecule has 2 aromatic carbocycles. The molecule has 4 rings (SSSR count). The van der Waals surface area contributed by atoms with Crippen molar-refractivity contribution in [2.75, 3.05) is 24.9 Å². The van der Waals surface area contributed by atoms with Gasteiger partial charge in [-0.25, -0.2) is 4.68 Å². The van der Waals surface area contributed by atoms with Gasteiger partial charge in [-0.2, -0.15) is 10.1 Å². The molecule has 0 saturated heterocycles. The van der Waals surface area contributed by atoms with E-state index in [1.165, 1.54) is 20.5 Å². The van der Waals surface area contributed by atoms with E-state index in [0.29, 0.717) is 39.4 Å². The third-order valence-corrected chi connectivity index (χ3v) is 5.17. The predicted molar refractivity (Wildman–Crippen MR) is 114 cm³/mol. The van der Waals surface area contributed by atoms with E-state index in [9.17, 15) is 4.79 Å². The molecule has 3 aromatic rings. The Kier molecular flexibility index (Phi) is 5.33. The number of carbonyl (C=O) groups is 1. The molecule has 0 bridgehead atoms. The third kappa shape index (κ3) is 3.46. The molecule has 0 spiro atoms. The zero-order valence-corrected chi connectivity index (χ0v) is 17.4. The standard InChI is InChI=1S/C21H20ClN5O3/c1-12-18(20(28)26-15-10-16(29-2)14(22)9-17(15)30-3)19(13-7-5-4-6-8-13)27-21(25-12)23-11-24-27/h4-11,19H,1-3H3,(H,26,28)(H,23,24,25)/t19-/m0/s1. The number of hydrogen-bond donors (Lipinski definition) is 2. The second-order valence-corrected chi connectivity index (χ2v) is 7.05. The summed E-state index contributed by atoms with van der Waals surface area (Å²) in [6.07, 6.45) is 1.46. The number of halogens is 1. The summed E-state index contributed by atoms with van der Waals surface area (Å²) in [4.78, 5) is 17.7. The van der Waals surface area contributed by atoms with Gasteiger partial charge in [0, 0.05) is 17.8 Å². The number of allylic oxidation sites excluding steroid dienone is 1. The van der Waals surface area contributed by atoms with Crippen LogP contribution < -0.4 is 20.1 Å². The first kappa shape index (κ1) is 19.8. The monoisotopic (exact) mass is 425 g/mol. The van der Waals surface area contributed by atoms with Gasteiger partial charge in [-0.05, 0) is 12.5 Å². The number of methoxy groups -OCH3 is 2. The van der Waals surface area contributed by atoms with Gasteiger partial charge in [0.2, 0.25) is 5.95 Å². The molecule has 1 atom stereocenters. The first-order valence-corrected chi connectivity index (χ1v) is 9.56. The Morgan fingerprint density at radius 3 is 2.60 bits per heavy atom. The number of fused-ring (bicyclic) bond motifs is 1. The summed E-state index contributed by atoms with van der Waals surface area (Å²) in [5.41, 5.74) is 2.55. The highest BCUT2D eigenvalue weighted by atomic mass is 35.5. The molecule has 154 valence electrons. The van der Waals surface area contributed by atoms with E-state index >= 15 is 0 Å². The van der Waals surface area contributed by atoms with Crippen molar-refractivity contribution in [1.82, 2.24) is 14.8 Å². The Balaban J connectivity index is 1.76. The maximum Gasteiger partial charge on any atom is 0.255 e. The zero-order valence-electron chi connectivity index (χ0n) is 16.6. The van der Waals surface area contributed by atoms with Crippen molar-refractivity contribution < 1.29 is 14.3 Å². The molecule has 2 heterocycles. The van der Waals surface area contributed by atoms with Gasteiger partial charge < -0.3 is 20.1 Å². The van der Waals surface area contributed by atoms with Crippen LogP contribution in [0.4, 0.5) is 11.6 Å². The van der Waals surface area contributed by atoms with Crippen molar-refractivity contribution in [3.8, 4) is 11.5 Å². The fraction of sp³-hybridized carbons (Fsp3) is 0.190. The normalized spacial score (nSPS) is 15.3. The highest BCUT2D eigenvalue weighted by molar-refractivity contribution is 6.32. The summed E-state index contributed by atoms with van der Waals surface area (Å²) in [7, 11) is 3.02. The summed E-state index contributed by atoms with van der Waals surface area (Å²) in [6.45, 7) is 1.84. The van der Waals surface area contributed by atoms with E-state index in [1.54, 1.807) is 16.8 Å². The largest absolute Gasteiger partial charge is 0.495 e. The highest BCUT2D eigenvalue weighted by Crippen LogP contribution is 2.38. The summed E-state index contributed by atoms with van der Waals surface area (Å²) < 4.78 is 12.3. The Bertz CT molecular complexity index is 1130. The van der Waals surface area contributed by atoms with Gasteiger partial charge in [-0.3, -0.25) is 4.79 Å². The number of amides is 1. The molecule has 0 unspecified atom stereocenters. The van der Waals surface area contributed by atoms with Crippen LogP contribution in [0.3, 0.4) is 0 Å². The lowest BCUT2D eigenvalue weighted by molar-refractivity contribution is -0.113.